The van der Waals surface area contributed by atoms with Crippen molar-refractivity contribution in [1.29, 1.82) is 0 Å². The number of hydrogen-bond acceptors (Lipinski definition) is 2. The lowest BCUT2D eigenvalue weighted by Crippen LogP contribution is -2.52. The summed E-state index contributed by atoms with van der Waals surface area (Å²) in [5.41, 5.74) is 3.04. The van der Waals surface area contributed by atoms with Crippen LogP contribution in [0.15, 0.2) is 11.6 Å². The molecular formula is C24H40N2. The Hall–Kier alpha value is -0.340. The van der Waals surface area contributed by atoms with Crippen molar-refractivity contribution in [1.82, 2.24) is 9.80 Å². The highest BCUT2D eigenvalue weighted by Crippen LogP contribution is 2.68. The highest BCUT2D eigenvalue weighted by Gasteiger charge is 2.63. The molecule has 5 aliphatic rings. The maximum atomic E-state index is 2.74. The molecule has 0 radical (unpaired) electrons. The Bertz CT molecular complexity index is 609. The minimum atomic E-state index is 0.519. The normalized spacial score (nSPS) is 53.7. The predicted molar refractivity (Wildman–Crippen MR) is 109 cm³/mol. The van der Waals surface area contributed by atoms with Gasteiger partial charge in [0.05, 0.1) is 0 Å². The monoisotopic (exact) mass is 356 g/mol. The molecule has 0 amide bonds. The van der Waals surface area contributed by atoms with E-state index in [1.165, 1.54) is 57.9 Å². The van der Waals surface area contributed by atoms with E-state index >= 15 is 0 Å². The molecule has 0 N–H and O–H groups in total. The summed E-state index contributed by atoms with van der Waals surface area (Å²) < 4.78 is 0. The molecule has 1 heterocycles. The van der Waals surface area contributed by atoms with Crippen LogP contribution in [0.25, 0.3) is 0 Å². The van der Waals surface area contributed by atoms with Crippen LogP contribution >= 0.6 is 0 Å². The Morgan fingerprint density at radius 1 is 1.04 bits per heavy atom. The standard InChI is InChI=1S/C24H40N2/c1-16-20-8-9-22-19-7-6-17-14-18(25(3)4)10-12-23(17,2)21(19)11-13-24(20,22)15-26(16)5/h6,16,18-22H,7-15H2,1-5H3/t16-,18-,19-,20+,21-,22+,23-,24-/m0/s1. The molecule has 1 saturated heterocycles. The first-order valence-corrected chi connectivity index (χ1v) is 11.4. The molecule has 1 aliphatic heterocycles. The molecule has 1 spiro atoms. The SMILES string of the molecule is C[C@H]1[C@H]2CC[C@@H]3[C@H]4CC=C5C[C@@H](N(C)C)CC[C@]5(C)[C@H]4CC[C@@]32CN1C. The maximum absolute atomic E-state index is 2.74. The van der Waals surface area contributed by atoms with E-state index < -0.39 is 0 Å². The van der Waals surface area contributed by atoms with Gasteiger partial charge < -0.3 is 9.80 Å². The van der Waals surface area contributed by atoms with Crippen LogP contribution in [-0.2, 0) is 0 Å². The van der Waals surface area contributed by atoms with E-state index in [2.05, 4.69) is 50.9 Å². The van der Waals surface area contributed by atoms with Crippen LogP contribution in [0.4, 0.5) is 0 Å². The number of likely N-dealkylation sites (tertiary alicyclic amines) is 1. The molecule has 2 nitrogen and oxygen atoms in total. The molecule has 2 heteroatoms. The van der Waals surface area contributed by atoms with E-state index in [-0.39, 0.29) is 0 Å². The van der Waals surface area contributed by atoms with Crippen molar-refractivity contribution in [2.75, 3.05) is 27.7 Å². The lowest BCUT2D eigenvalue weighted by molar-refractivity contribution is -0.0430. The topological polar surface area (TPSA) is 6.48 Å². The second-order valence-electron chi connectivity index (χ2n) is 11.2. The number of allylic oxidation sites excluding steroid dienone is 1. The van der Waals surface area contributed by atoms with Gasteiger partial charge in [0.1, 0.15) is 0 Å². The molecule has 0 aromatic rings. The first kappa shape index (κ1) is 17.7. The van der Waals surface area contributed by atoms with Gasteiger partial charge >= 0.3 is 0 Å². The van der Waals surface area contributed by atoms with Crippen molar-refractivity contribution in [2.45, 2.75) is 77.3 Å². The van der Waals surface area contributed by atoms with Crippen molar-refractivity contribution < 1.29 is 0 Å². The van der Waals surface area contributed by atoms with Crippen molar-refractivity contribution in [3.05, 3.63) is 11.6 Å². The third kappa shape index (κ3) is 2.18. The molecule has 4 aliphatic carbocycles. The summed E-state index contributed by atoms with van der Waals surface area (Å²) in [6.45, 7) is 6.56. The fraction of sp³-hybridized carbons (Fsp3) is 0.917. The molecule has 8 atom stereocenters. The lowest BCUT2D eigenvalue weighted by atomic mass is 9.47. The minimum Gasteiger partial charge on any atom is -0.306 e. The van der Waals surface area contributed by atoms with Gasteiger partial charge in [0.15, 0.2) is 0 Å². The second-order valence-corrected chi connectivity index (χ2v) is 11.2. The van der Waals surface area contributed by atoms with Crippen LogP contribution in [0.1, 0.15) is 65.2 Å². The Balaban J connectivity index is 1.45. The van der Waals surface area contributed by atoms with Crippen LogP contribution in [0.2, 0.25) is 0 Å². The number of fused-ring (bicyclic) bond motifs is 4. The van der Waals surface area contributed by atoms with Gasteiger partial charge in [0, 0.05) is 18.6 Å². The largest absolute Gasteiger partial charge is 0.306 e. The van der Waals surface area contributed by atoms with E-state index in [0.29, 0.717) is 10.8 Å². The molecular weight excluding hydrogens is 316 g/mol. The van der Waals surface area contributed by atoms with Crippen molar-refractivity contribution in [3.8, 4) is 0 Å². The molecule has 0 unspecified atom stereocenters. The van der Waals surface area contributed by atoms with Gasteiger partial charge in [-0.15, -0.1) is 0 Å². The van der Waals surface area contributed by atoms with Gasteiger partial charge in [-0.05, 0) is 114 Å². The zero-order valence-corrected chi connectivity index (χ0v) is 17.8. The first-order valence-electron chi connectivity index (χ1n) is 11.4. The fourth-order valence-electron chi connectivity index (χ4n) is 8.88. The van der Waals surface area contributed by atoms with E-state index in [1.54, 1.807) is 0 Å². The average molecular weight is 357 g/mol. The zero-order chi connectivity index (χ0) is 18.3. The molecule has 5 rings (SSSR count). The van der Waals surface area contributed by atoms with Crippen molar-refractivity contribution in [2.24, 2.45) is 34.5 Å². The van der Waals surface area contributed by atoms with Crippen molar-refractivity contribution in [3.63, 3.8) is 0 Å². The van der Waals surface area contributed by atoms with E-state index in [0.717, 1.165) is 35.8 Å². The lowest BCUT2D eigenvalue weighted by Gasteiger charge is -2.58. The first-order chi connectivity index (χ1) is 12.4. The van der Waals surface area contributed by atoms with Crippen LogP contribution in [-0.4, -0.2) is 49.6 Å². The quantitative estimate of drug-likeness (QED) is 0.622. The fourth-order valence-corrected chi connectivity index (χ4v) is 8.88. The predicted octanol–water partition coefficient (Wildman–Crippen LogP) is 4.81. The Kier molecular flexibility index (Phi) is 3.98. The van der Waals surface area contributed by atoms with Crippen LogP contribution in [0.3, 0.4) is 0 Å². The molecule has 3 saturated carbocycles. The molecule has 4 fully saturated rings. The molecule has 0 aromatic carbocycles. The average Bonchev–Trinajstić information content (AvgIpc) is 3.08. The summed E-state index contributed by atoms with van der Waals surface area (Å²) in [5, 5.41) is 0. The third-order valence-electron chi connectivity index (χ3n) is 10.4. The van der Waals surface area contributed by atoms with Crippen LogP contribution in [0.5, 0.6) is 0 Å². The highest BCUT2D eigenvalue weighted by atomic mass is 15.2. The second kappa shape index (κ2) is 5.83. The molecule has 26 heavy (non-hydrogen) atoms. The van der Waals surface area contributed by atoms with Gasteiger partial charge in [-0.3, -0.25) is 0 Å². The van der Waals surface area contributed by atoms with Gasteiger partial charge in [-0.2, -0.15) is 0 Å². The van der Waals surface area contributed by atoms with Gasteiger partial charge in [-0.1, -0.05) is 18.6 Å². The number of nitrogens with zero attached hydrogens (tertiary/aromatic N) is 2. The summed E-state index contributed by atoms with van der Waals surface area (Å²) >= 11 is 0. The summed E-state index contributed by atoms with van der Waals surface area (Å²) in [4.78, 5) is 5.17. The number of rotatable bonds is 1. The summed E-state index contributed by atoms with van der Waals surface area (Å²) in [7, 11) is 6.95. The smallest absolute Gasteiger partial charge is 0.0127 e. The summed E-state index contributed by atoms with van der Waals surface area (Å²) in [5.74, 6) is 3.96. The van der Waals surface area contributed by atoms with E-state index in [9.17, 15) is 0 Å². The van der Waals surface area contributed by atoms with E-state index in [4.69, 9.17) is 0 Å². The molecule has 0 aromatic heterocycles. The molecule has 0 bridgehead atoms. The van der Waals surface area contributed by atoms with E-state index in [1.807, 2.05) is 5.57 Å². The van der Waals surface area contributed by atoms with Crippen LogP contribution in [0, 0.1) is 34.5 Å². The van der Waals surface area contributed by atoms with Gasteiger partial charge in [0.2, 0.25) is 0 Å². The Morgan fingerprint density at radius 2 is 1.81 bits per heavy atom. The van der Waals surface area contributed by atoms with Gasteiger partial charge in [0.25, 0.3) is 0 Å². The summed E-state index contributed by atoms with van der Waals surface area (Å²) in [6, 6.07) is 1.60. The third-order valence-corrected chi connectivity index (χ3v) is 10.4. The van der Waals surface area contributed by atoms with Crippen molar-refractivity contribution >= 4 is 0 Å². The zero-order valence-electron chi connectivity index (χ0n) is 17.8. The minimum absolute atomic E-state index is 0.519. The molecule has 146 valence electrons. The Morgan fingerprint density at radius 3 is 2.58 bits per heavy atom. The number of hydrogen-bond donors (Lipinski definition) is 0. The Labute approximate surface area is 161 Å². The van der Waals surface area contributed by atoms with Crippen LogP contribution < -0.4 is 0 Å². The summed E-state index contributed by atoms with van der Waals surface area (Å²) in [6.07, 6.45) is 14.4. The highest BCUT2D eigenvalue weighted by molar-refractivity contribution is 5.26. The maximum Gasteiger partial charge on any atom is 0.0127 e. The van der Waals surface area contributed by atoms with Gasteiger partial charge in [-0.25, -0.2) is 0 Å².